The maximum absolute atomic E-state index is 11.6. The Bertz CT molecular complexity index is 479. The molecule has 1 heterocycles. The van der Waals surface area contributed by atoms with Gasteiger partial charge in [0.25, 0.3) is 5.91 Å². The highest BCUT2D eigenvalue weighted by Crippen LogP contribution is 2.28. The number of carbonyl (C=O) groups is 1. The molecular formula is C14H23N3O. The Morgan fingerprint density at radius 1 is 0.944 bits per heavy atom. The summed E-state index contributed by atoms with van der Waals surface area (Å²) in [5.74, 6) is -0.516. The predicted octanol–water partition coefficient (Wildman–Crippen LogP) is 2.48. The zero-order chi connectivity index (χ0) is 14.3. The van der Waals surface area contributed by atoms with Crippen molar-refractivity contribution in [1.29, 1.82) is 0 Å². The Kier molecular flexibility index (Phi) is 3.52. The van der Waals surface area contributed by atoms with Crippen LogP contribution in [0.4, 0.5) is 0 Å². The molecule has 0 unspecified atom stereocenters. The van der Waals surface area contributed by atoms with Crippen LogP contribution in [0.5, 0.6) is 0 Å². The standard InChI is InChI=1S/C14H23N3O/c1-8-10(13(2,3)4)17-9(12(15)18)11(16-8)14(5,6)7/h1-7H3,(H2,15,18). The van der Waals surface area contributed by atoms with Crippen LogP contribution in [-0.2, 0) is 10.8 Å². The molecule has 1 aromatic rings. The molecule has 100 valence electrons. The van der Waals surface area contributed by atoms with E-state index in [-0.39, 0.29) is 16.5 Å². The van der Waals surface area contributed by atoms with E-state index in [2.05, 4.69) is 9.97 Å². The zero-order valence-electron chi connectivity index (χ0n) is 12.4. The number of aromatic nitrogens is 2. The average molecular weight is 249 g/mol. The highest BCUT2D eigenvalue weighted by atomic mass is 16.1. The third-order valence-electron chi connectivity index (χ3n) is 2.72. The van der Waals surface area contributed by atoms with E-state index in [1.54, 1.807) is 0 Å². The molecule has 1 aromatic heterocycles. The van der Waals surface area contributed by atoms with Crippen molar-refractivity contribution in [3.05, 3.63) is 22.8 Å². The molecule has 18 heavy (non-hydrogen) atoms. The molecule has 0 saturated heterocycles. The number of aryl methyl sites for hydroxylation is 1. The van der Waals surface area contributed by atoms with Crippen molar-refractivity contribution < 1.29 is 4.79 Å². The Morgan fingerprint density at radius 2 is 1.39 bits per heavy atom. The Balaban J connectivity index is 3.60. The number of carbonyl (C=O) groups excluding carboxylic acids is 1. The number of primary amides is 1. The summed E-state index contributed by atoms with van der Waals surface area (Å²) in [6.45, 7) is 14.1. The van der Waals surface area contributed by atoms with Crippen LogP contribution < -0.4 is 5.73 Å². The first kappa shape index (κ1) is 14.6. The largest absolute Gasteiger partial charge is 0.364 e. The molecule has 1 amide bonds. The quantitative estimate of drug-likeness (QED) is 0.831. The van der Waals surface area contributed by atoms with E-state index in [0.29, 0.717) is 5.69 Å². The van der Waals surface area contributed by atoms with Gasteiger partial charge in [-0.25, -0.2) is 4.98 Å². The van der Waals surface area contributed by atoms with E-state index in [1.165, 1.54) is 0 Å². The highest BCUT2D eigenvalue weighted by molar-refractivity contribution is 5.92. The molecule has 0 atom stereocenters. The summed E-state index contributed by atoms with van der Waals surface area (Å²) >= 11 is 0. The lowest BCUT2D eigenvalue weighted by atomic mass is 9.87. The number of nitrogens with zero attached hydrogens (tertiary/aromatic N) is 2. The van der Waals surface area contributed by atoms with Gasteiger partial charge in [-0.3, -0.25) is 9.78 Å². The first-order chi connectivity index (χ1) is 7.94. The van der Waals surface area contributed by atoms with Gasteiger partial charge < -0.3 is 5.73 Å². The van der Waals surface area contributed by atoms with Crippen molar-refractivity contribution in [3.63, 3.8) is 0 Å². The molecule has 0 saturated carbocycles. The number of nitrogens with two attached hydrogens (primary N) is 1. The molecule has 0 aliphatic carbocycles. The fraction of sp³-hybridized carbons (Fsp3) is 0.643. The minimum Gasteiger partial charge on any atom is -0.364 e. The highest BCUT2D eigenvalue weighted by Gasteiger charge is 2.28. The minimum absolute atomic E-state index is 0.155. The van der Waals surface area contributed by atoms with Gasteiger partial charge in [0.2, 0.25) is 0 Å². The van der Waals surface area contributed by atoms with Gasteiger partial charge in [-0.05, 0) is 6.92 Å². The smallest absolute Gasteiger partial charge is 0.269 e. The fourth-order valence-electron chi connectivity index (χ4n) is 1.92. The average Bonchev–Trinajstić information content (AvgIpc) is 2.13. The van der Waals surface area contributed by atoms with Gasteiger partial charge in [0, 0.05) is 10.8 Å². The van der Waals surface area contributed by atoms with Gasteiger partial charge in [-0.1, -0.05) is 41.5 Å². The molecule has 0 fully saturated rings. The zero-order valence-corrected chi connectivity index (χ0v) is 12.4. The Labute approximate surface area is 109 Å². The van der Waals surface area contributed by atoms with Gasteiger partial charge in [0.1, 0.15) is 5.69 Å². The molecule has 4 heteroatoms. The van der Waals surface area contributed by atoms with Crippen molar-refractivity contribution in [3.8, 4) is 0 Å². The van der Waals surface area contributed by atoms with Crippen LogP contribution in [-0.4, -0.2) is 15.9 Å². The van der Waals surface area contributed by atoms with E-state index in [9.17, 15) is 4.79 Å². The summed E-state index contributed by atoms with van der Waals surface area (Å²) in [7, 11) is 0. The van der Waals surface area contributed by atoms with Crippen LogP contribution in [0, 0.1) is 6.92 Å². The lowest BCUT2D eigenvalue weighted by Crippen LogP contribution is -2.28. The molecule has 2 N–H and O–H groups in total. The van der Waals surface area contributed by atoms with Crippen LogP contribution in [0.25, 0.3) is 0 Å². The van der Waals surface area contributed by atoms with E-state index in [4.69, 9.17) is 5.73 Å². The maximum atomic E-state index is 11.6. The number of amides is 1. The van der Waals surface area contributed by atoms with Crippen molar-refractivity contribution in [2.45, 2.75) is 59.3 Å². The second-order valence-corrected chi connectivity index (χ2v) is 6.72. The molecule has 0 bridgehead atoms. The Hall–Kier alpha value is -1.45. The summed E-state index contributed by atoms with van der Waals surface area (Å²) in [4.78, 5) is 20.6. The predicted molar refractivity (Wildman–Crippen MR) is 72.7 cm³/mol. The third-order valence-corrected chi connectivity index (χ3v) is 2.72. The number of hydrogen-bond acceptors (Lipinski definition) is 3. The molecule has 0 aliphatic rings. The first-order valence-corrected chi connectivity index (χ1v) is 6.14. The van der Waals surface area contributed by atoms with Crippen LogP contribution >= 0.6 is 0 Å². The number of hydrogen-bond donors (Lipinski definition) is 1. The molecule has 4 nitrogen and oxygen atoms in total. The molecule has 0 aromatic carbocycles. The third kappa shape index (κ3) is 2.86. The number of rotatable bonds is 1. The van der Waals surface area contributed by atoms with Crippen LogP contribution in [0.1, 0.15) is 69.1 Å². The van der Waals surface area contributed by atoms with Gasteiger partial charge in [0.05, 0.1) is 17.1 Å². The summed E-state index contributed by atoms with van der Waals surface area (Å²) < 4.78 is 0. The first-order valence-electron chi connectivity index (χ1n) is 6.14. The molecule has 0 spiro atoms. The molecular weight excluding hydrogens is 226 g/mol. The summed E-state index contributed by atoms with van der Waals surface area (Å²) in [5.41, 5.74) is 7.66. The normalized spacial score (nSPS) is 12.6. The second kappa shape index (κ2) is 4.34. The van der Waals surface area contributed by atoms with Gasteiger partial charge in [-0.2, -0.15) is 0 Å². The molecule has 1 rings (SSSR count). The van der Waals surface area contributed by atoms with Crippen molar-refractivity contribution in [1.82, 2.24) is 9.97 Å². The van der Waals surface area contributed by atoms with Crippen molar-refractivity contribution >= 4 is 5.91 Å². The Morgan fingerprint density at radius 3 is 1.72 bits per heavy atom. The molecule has 0 radical (unpaired) electrons. The van der Waals surface area contributed by atoms with Crippen LogP contribution in [0.2, 0.25) is 0 Å². The lowest BCUT2D eigenvalue weighted by Gasteiger charge is -2.25. The van der Waals surface area contributed by atoms with E-state index >= 15 is 0 Å². The van der Waals surface area contributed by atoms with Crippen molar-refractivity contribution in [2.75, 3.05) is 0 Å². The van der Waals surface area contributed by atoms with E-state index in [1.807, 2.05) is 48.5 Å². The van der Waals surface area contributed by atoms with E-state index < -0.39 is 5.91 Å². The monoisotopic (exact) mass is 249 g/mol. The van der Waals surface area contributed by atoms with Gasteiger partial charge in [0.15, 0.2) is 0 Å². The van der Waals surface area contributed by atoms with Gasteiger partial charge >= 0.3 is 0 Å². The van der Waals surface area contributed by atoms with Crippen LogP contribution in [0.15, 0.2) is 0 Å². The summed E-state index contributed by atoms with van der Waals surface area (Å²) in [6.07, 6.45) is 0. The van der Waals surface area contributed by atoms with Gasteiger partial charge in [-0.15, -0.1) is 0 Å². The minimum atomic E-state index is -0.516. The molecule has 0 aliphatic heterocycles. The maximum Gasteiger partial charge on any atom is 0.269 e. The topological polar surface area (TPSA) is 68.9 Å². The van der Waals surface area contributed by atoms with E-state index in [0.717, 1.165) is 11.4 Å². The lowest BCUT2D eigenvalue weighted by molar-refractivity contribution is 0.0992. The summed E-state index contributed by atoms with van der Waals surface area (Å²) in [6, 6.07) is 0. The van der Waals surface area contributed by atoms with Crippen LogP contribution in [0.3, 0.4) is 0 Å². The van der Waals surface area contributed by atoms with Crippen molar-refractivity contribution in [2.24, 2.45) is 5.73 Å². The second-order valence-electron chi connectivity index (χ2n) is 6.72. The SMILES string of the molecule is Cc1nc(C(C)(C)C)c(C(N)=O)nc1C(C)(C)C. The summed E-state index contributed by atoms with van der Waals surface area (Å²) in [5, 5.41) is 0. The fourth-order valence-corrected chi connectivity index (χ4v) is 1.92.